The van der Waals surface area contributed by atoms with Gasteiger partial charge in [-0.3, -0.25) is 4.79 Å². The minimum Gasteiger partial charge on any atom is -0.289 e. The van der Waals surface area contributed by atoms with Gasteiger partial charge in [-0.1, -0.05) is 39.1 Å². The summed E-state index contributed by atoms with van der Waals surface area (Å²) >= 11 is 15.1. The zero-order chi connectivity index (χ0) is 12.4. The molecule has 2 aromatic carbocycles. The summed E-state index contributed by atoms with van der Waals surface area (Å²) in [4.78, 5) is 12.1. The van der Waals surface area contributed by atoms with E-state index in [1.807, 2.05) is 0 Å². The summed E-state index contributed by atoms with van der Waals surface area (Å²) in [7, 11) is 0. The maximum atomic E-state index is 12.1. The highest BCUT2D eigenvalue weighted by Crippen LogP contribution is 2.24. The Morgan fingerprint density at radius 3 is 2.24 bits per heavy atom. The normalized spacial score (nSPS) is 10.3. The van der Waals surface area contributed by atoms with Crippen molar-refractivity contribution >= 4 is 44.9 Å². The van der Waals surface area contributed by atoms with Gasteiger partial charge in [-0.2, -0.15) is 0 Å². The number of rotatable bonds is 2. The Bertz CT molecular complexity index is 564. The first-order valence-electron chi connectivity index (χ1n) is 4.83. The van der Waals surface area contributed by atoms with E-state index in [1.165, 1.54) is 0 Å². The molecule has 2 rings (SSSR count). The molecule has 0 aliphatic heterocycles. The predicted molar refractivity (Wildman–Crippen MR) is 74.0 cm³/mol. The van der Waals surface area contributed by atoms with Crippen LogP contribution in [0.15, 0.2) is 46.9 Å². The molecule has 0 heterocycles. The Hall–Kier alpha value is -0.830. The van der Waals surface area contributed by atoms with Crippen molar-refractivity contribution in [2.75, 3.05) is 0 Å². The van der Waals surface area contributed by atoms with Gasteiger partial charge in [0.15, 0.2) is 5.78 Å². The molecule has 0 bridgehead atoms. The monoisotopic (exact) mass is 328 g/mol. The number of hydrogen-bond acceptors (Lipinski definition) is 1. The van der Waals surface area contributed by atoms with Gasteiger partial charge in [-0.05, 0) is 42.5 Å². The molecular weight excluding hydrogens is 323 g/mol. The number of hydrogen-bond donors (Lipinski definition) is 0. The van der Waals surface area contributed by atoms with E-state index in [9.17, 15) is 4.79 Å². The van der Waals surface area contributed by atoms with Crippen LogP contribution in [-0.2, 0) is 0 Å². The van der Waals surface area contributed by atoms with E-state index in [1.54, 1.807) is 42.5 Å². The minimum absolute atomic E-state index is 0.112. The van der Waals surface area contributed by atoms with Gasteiger partial charge in [-0.25, -0.2) is 0 Å². The molecule has 17 heavy (non-hydrogen) atoms. The summed E-state index contributed by atoms with van der Waals surface area (Å²) in [6.07, 6.45) is 0. The molecule has 4 heteroatoms. The highest BCUT2D eigenvalue weighted by atomic mass is 79.9. The van der Waals surface area contributed by atoms with Crippen LogP contribution in [0.3, 0.4) is 0 Å². The summed E-state index contributed by atoms with van der Waals surface area (Å²) in [5.74, 6) is -0.112. The summed E-state index contributed by atoms with van der Waals surface area (Å²) in [6, 6.07) is 11.9. The molecule has 0 fully saturated rings. The third-order valence-electron chi connectivity index (χ3n) is 2.28. The van der Waals surface area contributed by atoms with E-state index in [-0.39, 0.29) is 5.78 Å². The quantitative estimate of drug-likeness (QED) is 0.709. The molecular formula is C13H7BrCl2O. The fourth-order valence-electron chi connectivity index (χ4n) is 1.43. The van der Waals surface area contributed by atoms with Gasteiger partial charge >= 0.3 is 0 Å². The minimum atomic E-state index is -0.112. The van der Waals surface area contributed by atoms with Gasteiger partial charge < -0.3 is 0 Å². The average molecular weight is 330 g/mol. The highest BCUT2D eigenvalue weighted by molar-refractivity contribution is 9.10. The lowest BCUT2D eigenvalue weighted by atomic mass is 10.0. The molecule has 0 aliphatic rings. The molecule has 0 atom stereocenters. The van der Waals surface area contributed by atoms with E-state index in [0.717, 1.165) is 4.47 Å². The maximum Gasteiger partial charge on any atom is 0.194 e. The molecule has 0 aliphatic carbocycles. The van der Waals surface area contributed by atoms with Gasteiger partial charge in [0.2, 0.25) is 0 Å². The second-order valence-electron chi connectivity index (χ2n) is 3.46. The predicted octanol–water partition coefficient (Wildman–Crippen LogP) is 4.99. The van der Waals surface area contributed by atoms with Crippen LogP contribution in [-0.4, -0.2) is 5.78 Å². The lowest BCUT2D eigenvalue weighted by Crippen LogP contribution is -2.01. The molecule has 0 saturated carbocycles. The van der Waals surface area contributed by atoms with Crippen LogP contribution in [0.4, 0.5) is 0 Å². The van der Waals surface area contributed by atoms with Crippen LogP contribution >= 0.6 is 39.1 Å². The van der Waals surface area contributed by atoms with E-state index in [0.29, 0.717) is 21.2 Å². The zero-order valence-electron chi connectivity index (χ0n) is 8.58. The van der Waals surface area contributed by atoms with Gasteiger partial charge in [-0.15, -0.1) is 0 Å². The second kappa shape index (κ2) is 5.21. The van der Waals surface area contributed by atoms with Gasteiger partial charge in [0.1, 0.15) is 0 Å². The van der Waals surface area contributed by atoms with Crippen LogP contribution in [0.5, 0.6) is 0 Å². The van der Waals surface area contributed by atoms with Crippen LogP contribution in [0.2, 0.25) is 10.0 Å². The SMILES string of the molecule is O=C(c1ccc(Cl)cc1)c1ccc(Br)cc1Cl. The molecule has 0 radical (unpaired) electrons. The van der Waals surface area contributed by atoms with Crippen LogP contribution in [0.1, 0.15) is 15.9 Å². The first-order valence-corrected chi connectivity index (χ1v) is 6.38. The van der Waals surface area contributed by atoms with Gasteiger partial charge in [0.25, 0.3) is 0 Å². The standard InChI is InChI=1S/C13H7BrCl2O/c14-9-3-6-11(12(16)7-9)13(17)8-1-4-10(15)5-2-8/h1-7H. The molecule has 0 N–H and O–H groups in total. The lowest BCUT2D eigenvalue weighted by Gasteiger charge is -2.04. The Balaban J connectivity index is 2.40. The smallest absolute Gasteiger partial charge is 0.194 e. The maximum absolute atomic E-state index is 12.1. The van der Waals surface area contributed by atoms with Crippen LogP contribution < -0.4 is 0 Å². The van der Waals surface area contributed by atoms with E-state index in [4.69, 9.17) is 23.2 Å². The van der Waals surface area contributed by atoms with Crippen molar-refractivity contribution in [3.63, 3.8) is 0 Å². The van der Waals surface area contributed by atoms with Crippen molar-refractivity contribution in [1.82, 2.24) is 0 Å². The van der Waals surface area contributed by atoms with Crippen molar-refractivity contribution in [3.8, 4) is 0 Å². The highest BCUT2D eigenvalue weighted by Gasteiger charge is 2.12. The number of halogens is 3. The van der Waals surface area contributed by atoms with Crippen molar-refractivity contribution < 1.29 is 4.79 Å². The summed E-state index contributed by atoms with van der Waals surface area (Å²) < 4.78 is 0.843. The summed E-state index contributed by atoms with van der Waals surface area (Å²) in [5.41, 5.74) is 1.05. The molecule has 0 aromatic heterocycles. The number of ketones is 1. The summed E-state index contributed by atoms with van der Waals surface area (Å²) in [5, 5.41) is 1.03. The second-order valence-corrected chi connectivity index (χ2v) is 5.22. The first-order chi connectivity index (χ1) is 8.08. The Labute approximate surface area is 117 Å². The molecule has 0 saturated heterocycles. The Morgan fingerprint density at radius 2 is 1.65 bits per heavy atom. The molecule has 0 unspecified atom stereocenters. The van der Waals surface area contributed by atoms with Crippen molar-refractivity contribution in [2.24, 2.45) is 0 Å². The number of carbonyl (C=O) groups excluding carboxylic acids is 1. The first kappa shape index (κ1) is 12.6. The Morgan fingerprint density at radius 1 is 1.00 bits per heavy atom. The van der Waals surface area contributed by atoms with Crippen LogP contribution in [0, 0.1) is 0 Å². The van der Waals surface area contributed by atoms with E-state index >= 15 is 0 Å². The lowest BCUT2D eigenvalue weighted by molar-refractivity contribution is 0.103. The fraction of sp³-hybridized carbons (Fsp3) is 0. The zero-order valence-corrected chi connectivity index (χ0v) is 11.7. The topological polar surface area (TPSA) is 17.1 Å². The number of carbonyl (C=O) groups is 1. The average Bonchev–Trinajstić information content (AvgIpc) is 2.29. The third-order valence-corrected chi connectivity index (χ3v) is 3.34. The van der Waals surface area contributed by atoms with Crippen molar-refractivity contribution in [3.05, 3.63) is 68.1 Å². The third kappa shape index (κ3) is 2.89. The molecule has 0 amide bonds. The van der Waals surface area contributed by atoms with E-state index in [2.05, 4.69) is 15.9 Å². The van der Waals surface area contributed by atoms with Gasteiger partial charge in [0, 0.05) is 20.6 Å². The number of benzene rings is 2. The van der Waals surface area contributed by atoms with Gasteiger partial charge in [0.05, 0.1) is 5.02 Å². The van der Waals surface area contributed by atoms with Crippen molar-refractivity contribution in [1.29, 1.82) is 0 Å². The molecule has 0 spiro atoms. The fourth-order valence-corrected chi connectivity index (χ4v) is 2.32. The van der Waals surface area contributed by atoms with E-state index < -0.39 is 0 Å². The molecule has 86 valence electrons. The van der Waals surface area contributed by atoms with Crippen molar-refractivity contribution in [2.45, 2.75) is 0 Å². The summed E-state index contributed by atoms with van der Waals surface area (Å²) in [6.45, 7) is 0. The van der Waals surface area contributed by atoms with Crippen LogP contribution in [0.25, 0.3) is 0 Å². The largest absolute Gasteiger partial charge is 0.289 e. The molecule has 2 aromatic rings. The Kier molecular flexibility index (Phi) is 3.87. The molecule has 1 nitrogen and oxygen atoms in total.